The number of nitrogens with one attached hydrogen (secondary N) is 1. The lowest BCUT2D eigenvalue weighted by atomic mass is 10.1. The molecule has 1 aromatic rings. The van der Waals surface area contributed by atoms with E-state index in [9.17, 15) is 9.59 Å². The maximum absolute atomic E-state index is 12.2. The van der Waals surface area contributed by atoms with E-state index in [0.717, 1.165) is 19.5 Å². The summed E-state index contributed by atoms with van der Waals surface area (Å²) in [6.45, 7) is 5.01. The molecule has 0 aromatic heterocycles. The van der Waals surface area contributed by atoms with E-state index in [1.165, 1.54) is 18.9 Å². The van der Waals surface area contributed by atoms with Gasteiger partial charge >= 0.3 is 0 Å². The van der Waals surface area contributed by atoms with E-state index in [-0.39, 0.29) is 5.91 Å². The molecule has 0 unspecified atom stereocenters. The van der Waals surface area contributed by atoms with Crippen LogP contribution in [-0.4, -0.2) is 42.4 Å². The number of likely N-dealkylation sites (tertiary alicyclic amines) is 1. The number of amides is 2. The molecule has 0 radical (unpaired) electrons. The Kier molecular flexibility index (Phi) is 5.33. The Morgan fingerprint density at radius 3 is 2.57 bits per heavy atom. The highest BCUT2D eigenvalue weighted by molar-refractivity contribution is 5.99. The van der Waals surface area contributed by atoms with E-state index in [2.05, 4.69) is 17.1 Å². The molecule has 0 spiro atoms. The first-order chi connectivity index (χ1) is 10.1. The predicted octanol–water partition coefficient (Wildman–Crippen LogP) is 1.39. The molecule has 1 atom stereocenters. The molecule has 0 aliphatic carbocycles. The SMILES string of the molecule is CC[C@H](CNC(=O)c1cccc(C(N)=O)c1)N1CCCC1. The molecule has 1 aliphatic heterocycles. The third kappa shape index (κ3) is 4.04. The van der Waals surface area contributed by atoms with Crippen LogP contribution < -0.4 is 11.1 Å². The fourth-order valence-electron chi connectivity index (χ4n) is 2.76. The minimum atomic E-state index is -0.520. The van der Waals surface area contributed by atoms with Gasteiger partial charge in [-0.05, 0) is 50.6 Å². The standard InChI is InChI=1S/C16H23N3O2/c1-2-14(19-8-3-4-9-19)11-18-16(21)13-7-5-6-12(10-13)15(17)20/h5-7,10,14H,2-4,8-9,11H2,1H3,(H2,17,20)(H,18,21)/t14-/m1/s1. The second-order valence-electron chi connectivity index (χ2n) is 5.46. The van der Waals surface area contributed by atoms with Crippen LogP contribution in [0.5, 0.6) is 0 Å². The van der Waals surface area contributed by atoms with E-state index in [1.54, 1.807) is 18.2 Å². The number of carbonyl (C=O) groups is 2. The lowest BCUT2D eigenvalue weighted by Gasteiger charge is -2.26. The first-order valence-corrected chi connectivity index (χ1v) is 7.54. The van der Waals surface area contributed by atoms with Crippen molar-refractivity contribution >= 4 is 11.8 Å². The van der Waals surface area contributed by atoms with Gasteiger partial charge in [0.15, 0.2) is 0 Å². The van der Waals surface area contributed by atoms with Crippen molar-refractivity contribution < 1.29 is 9.59 Å². The molecule has 114 valence electrons. The Hall–Kier alpha value is -1.88. The summed E-state index contributed by atoms with van der Waals surface area (Å²) in [5.41, 5.74) is 6.06. The first kappa shape index (κ1) is 15.5. The smallest absolute Gasteiger partial charge is 0.251 e. The lowest BCUT2D eigenvalue weighted by Crippen LogP contribution is -2.42. The van der Waals surface area contributed by atoms with Crippen molar-refractivity contribution in [2.45, 2.75) is 32.2 Å². The van der Waals surface area contributed by atoms with Gasteiger partial charge in [-0.15, -0.1) is 0 Å². The van der Waals surface area contributed by atoms with Gasteiger partial charge in [0.2, 0.25) is 5.91 Å². The molecule has 1 saturated heterocycles. The van der Waals surface area contributed by atoms with E-state index in [1.807, 2.05) is 0 Å². The van der Waals surface area contributed by atoms with Crippen LogP contribution in [0.25, 0.3) is 0 Å². The van der Waals surface area contributed by atoms with E-state index in [4.69, 9.17) is 5.73 Å². The fourth-order valence-corrected chi connectivity index (χ4v) is 2.76. The van der Waals surface area contributed by atoms with Crippen LogP contribution in [0, 0.1) is 0 Å². The van der Waals surface area contributed by atoms with E-state index < -0.39 is 5.91 Å². The van der Waals surface area contributed by atoms with Crippen molar-refractivity contribution in [3.63, 3.8) is 0 Å². The zero-order valence-corrected chi connectivity index (χ0v) is 12.5. The van der Waals surface area contributed by atoms with Gasteiger partial charge in [-0.1, -0.05) is 13.0 Å². The number of nitrogens with two attached hydrogens (primary N) is 1. The van der Waals surface area contributed by atoms with Gasteiger partial charge in [-0.3, -0.25) is 14.5 Å². The highest BCUT2D eigenvalue weighted by Gasteiger charge is 2.21. The Morgan fingerprint density at radius 2 is 1.95 bits per heavy atom. The van der Waals surface area contributed by atoms with Gasteiger partial charge in [-0.2, -0.15) is 0 Å². The van der Waals surface area contributed by atoms with Gasteiger partial charge in [-0.25, -0.2) is 0 Å². The van der Waals surface area contributed by atoms with E-state index in [0.29, 0.717) is 23.7 Å². The fraction of sp³-hybridized carbons (Fsp3) is 0.500. The van der Waals surface area contributed by atoms with Crippen LogP contribution in [0.3, 0.4) is 0 Å². The summed E-state index contributed by atoms with van der Waals surface area (Å²) in [6, 6.07) is 6.90. The van der Waals surface area contributed by atoms with Crippen molar-refractivity contribution in [1.82, 2.24) is 10.2 Å². The summed E-state index contributed by atoms with van der Waals surface area (Å²) in [4.78, 5) is 25.7. The summed E-state index contributed by atoms with van der Waals surface area (Å²) in [5.74, 6) is -0.677. The van der Waals surface area contributed by atoms with Crippen LogP contribution in [0.1, 0.15) is 46.9 Å². The van der Waals surface area contributed by atoms with Crippen LogP contribution in [-0.2, 0) is 0 Å². The highest BCUT2D eigenvalue weighted by atomic mass is 16.2. The van der Waals surface area contributed by atoms with Crippen LogP contribution >= 0.6 is 0 Å². The lowest BCUT2D eigenvalue weighted by molar-refractivity contribution is 0.0937. The Balaban J connectivity index is 1.94. The number of benzene rings is 1. The second kappa shape index (κ2) is 7.22. The monoisotopic (exact) mass is 289 g/mol. The summed E-state index contributed by atoms with van der Waals surface area (Å²) >= 11 is 0. The molecule has 21 heavy (non-hydrogen) atoms. The minimum Gasteiger partial charge on any atom is -0.366 e. The summed E-state index contributed by atoms with van der Waals surface area (Å²) in [5, 5.41) is 2.96. The molecular weight excluding hydrogens is 266 g/mol. The molecule has 1 heterocycles. The van der Waals surface area contributed by atoms with Gasteiger partial charge < -0.3 is 11.1 Å². The molecule has 1 fully saturated rings. The number of carbonyl (C=O) groups excluding carboxylic acids is 2. The van der Waals surface area contributed by atoms with Crippen molar-refractivity contribution in [3.05, 3.63) is 35.4 Å². The predicted molar refractivity (Wildman–Crippen MR) is 82.2 cm³/mol. The van der Waals surface area contributed by atoms with Crippen molar-refractivity contribution in [3.8, 4) is 0 Å². The first-order valence-electron chi connectivity index (χ1n) is 7.54. The minimum absolute atomic E-state index is 0.157. The summed E-state index contributed by atoms with van der Waals surface area (Å²) < 4.78 is 0. The van der Waals surface area contributed by atoms with Gasteiger partial charge in [0.1, 0.15) is 0 Å². The van der Waals surface area contributed by atoms with Gasteiger partial charge in [0.05, 0.1) is 0 Å². The molecule has 3 N–H and O–H groups in total. The average molecular weight is 289 g/mol. The van der Waals surface area contributed by atoms with Crippen LogP contribution in [0.15, 0.2) is 24.3 Å². The Bertz CT molecular complexity index is 510. The molecule has 0 bridgehead atoms. The molecule has 0 saturated carbocycles. The number of hydrogen-bond donors (Lipinski definition) is 2. The third-order valence-electron chi connectivity index (χ3n) is 4.04. The van der Waals surface area contributed by atoms with Gasteiger partial charge in [0.25, 0.3) is 5.91 Å². The van der Waals surface area contributed by atoms with Crippen LogP contribution in [0.2, 0.25) is 0 Å². The van der Waals surface area contributed by atoms with Crippen molar-refractivity contribution in [2.24, 2.45) is 5.73 Å². The van der Waals surface area contributed by atoms with Gasteiger partial charge in [0, 0.05) is 23.7 Å². The number of nitrogens with zero attached hydrogens (tertiary/aromatic N) is 1. The molecule has 2 amide bonds. The highest BCUT2D eigenvalue weighted by Crippen LogP contribution is 2.13. The number of primary amides is 1. The largest absolute Gasteiger partial charge is 0.366 e. The second-order valence-corrected chi connectivity index (χ2v) is 5.46. The van der Waals surface area contributed by atoms with Crippen molar-refractivity contribution in [1.29, 1.82) is 0 Å². The molecular formula is C16H23N3O2. The molecule has 5 heteroatoms. The summed E-state index contributed by atoms with van der Waals surface area (Å²) in [6.07, 6.45) is 3.50. The number of rotatable bonds is 6. The zero-order valence-electron chi connectivity index (χ0n) is 12.5. The zero-order chi connectivity index (χ0) is 15.2. The Labute approximate surface area is 125 Å². The van der Waals surface area contributed by atoms with E-state index >= 15 is 0 Å². The van der Waals surface area contributed by atoms with Crippen molar-refractivity contribution in [2.75, 3.05) is 19.6 Å². The maximum Gasteiger partial charge on any atom is 0.251 e. The summed E-state index contributed by atoms with van der Waals surface area (Å²) in [7, 11) is 0. The maximum atomic E-state index is 12.2. The number of hydrogen-bond acceptors (Lipinski definition) is 3. The molecule has 5 nitrogen and oxygen atoms in total. The topological polar surface area (TPSA) is 75.4 Å². The third-order valence-corrected chi connectivity index (χ3v) is 4.04. The van der Waals surface area contributed by atoms with Crippen LogP contribution in [0.4, 0.5) is 0 Å². The molecule has 1 aliphatic rings. The normalized spacial score (nSPS) is 16.6. The molecule has 2 rings (SSSR count). The Morgan fingerprint density at radius 1 is 1.29 bits per heavy atom. The average Bonchev–Trinajstić information content (AvgIpc) is 3.02. The molecule has 1 aromatic carbocycles. The quantitative estimate of drug-likeness (QED) is 0.831.